The van der Waals surface area contributed by atoms with Gasteiger partial charge >= 0.3 is 0 Å². The van der Waals surface area contributed by atoms with Gasteiger partial charge in [-0.2, -0.15) is 0 Å². The molecule has 1 heteroatoms. The molecule has 0 atom stereocenters. The minimum Gasteiger partial charge on any atom is -0.373 e. The molecule has 100 valence electrons. The van der Waals surface area contributed by atoms with Crippen LogP contribution in [0.3, 0.4) is 0 Å². The molecule has 2 aromatic rings. The largest absolute Gasteiger partial charge is 0.373 e. The molecular weight excluding hydrogens is 244 g/mol. The third-order valence-electron chi connectivity index (χ3n) is 2.84. The van der Waals surface area contributed by atoms with Crippen molar-refractivity contribution in [3.63, 3.8) is 0 Å². The lowest BCUT2D eigenvalue weighted by Gasteiger charge is -2.04. The number of benzene rings is 2. The third kappa shape index (κ3) is 4.42. The molecule has 1 nitrogen and oxygen atoms in total. The molecule has 2 aromatic carbocycles. The average molecular weight is 262 g/mol. The molecular formula is C19H18O. The summed E-state index contributed by atoms with van der Waals surface area (Å²) >= 11 is 0. The molecule has 20 heavy (non-hydrogen) atoms. The van der Waals surface area contributed by atoms with Crippen LogP contribution in [0.15, 0.2) is 66.7 Å². The summed E-state index contributed by atoms with van der Waals surface area (Å²) in [5, 5.41) is 0. The monoisotopic (exact) mass is 262 g/mol. The first-order valence-corrected chi connectivity index (χ1v) is 6.74. The number of ether oxygens (including phenoxy) is 1. The number of rotatable bonds is 4. The zero-order valence-electron chi connectivity index (χ0n) is 11.7. The first-order valence-electron chi connectivity index (χ1n) is 6.74. The predicted molar refractivity (Wildman–Crippen MR) is 83.3 cm³/mol. The van der Waals surface area contributed by atoms with Gasteiger partial charge in [-0.15, -0.1) is 0 Å². The van der Waals surface area contributed by atoms with Crippen LogP contribution in [0.25, 0.3) is 0 Å². The molecule has 0 amide bonds. The van der Waals surface area contributed by atoms with Crippen molar-refractivity contribution in [2.24, 2.45) is 0 Å². The van der Waals surface area contributed by atoms with E-state index in [9.17, 15) is 0 Å². The zero-order chi connectivity index (χ0) is 14.0. The first-order chi connectivity index (χ1) is 9.90. The molecule has 0 fully saturated rings. The standard InChI is InChI=1S/C19H18O/c1-2-3-15-20-16-19-12-8-7-11-18(19)14-13-17-9-5-4-6-10-17/h2-12H,15-16H2,1H3/b3-2+. The second-order valence-corrected chi connectivity index (χ2v) is 4.36. The van der Waals surface area contributed by atoms with Crippen LogP contribution in [0.4, 0.5) is 0 Å². The maximum absolute atomic E-state index is 5.60. The maximum Gasteiger partial charge on any atom is 0.0733 e. The summed E-state index contributed by atoms with van der Waals surface area (Å²) in [4.78, 5) is 0. The fourth-order valence-corrected chi connectivity index (χ4v) is 1.76. The van der Waals surface area contributed by atoms with Crippen molar-refractivity contribution in [2.75, 3.05) is 6.61 Å². The van der Waals surface area contributed by atoms with E-state index in [1.807, 2.05) is 67.6 Å². The Labute approximate surface area is 120 Å². The van der Waals surface area contributed by atoms with Gasteiger partial charge < -0.3 is 4.74 Å². The second kappa shape index (κ2) is 7.99. The van der Waals surface area contributed by atoms with Crippen LogP contribution in [-0.4, -0.2) is 6.61 Å². The van der Waals surface area contributed by atoms with Crippen molar-refractivity contribution >= 4 is 0 Å². The molecule has 0 saturated heterocycles. The Morgan fingerprint density at radius 1 is 0.950 bits per heavy atom. The summed E-state index contributed by atoms with van der Waals surface area (Å²) in [6, 6.07) is 18.1. The van der Waals surface area contributed by atoms with E-state index in [4.69, 9.17) is 4.74 Å². The lowest BCUT2D eigenvalue weighted by Crippen LogP contribution is -1.95. The zero-order valence-corrected chi connectivity index (χ0v) is 11.7. The highest BCUT2D eigenvalue weighted by Crippen LogP contribution is 2.09. The summed E-state index contributed by atoms with van der Waals surface area (Å²) < 4.78 is 5.60. The summed E-state index contributed by atoms with van der Waals surface area (Å²) in [5.41, 5.74) is 3.18. The quantitative estimate of drug-likeness (QED) is 0.456. The van der Waals surface area contributed by atoms with Gasteiger partial charge in [0.15, 0.2) is 0 Å². The van der Waals surface area contributed by atoms with Crippen LogP contribution >= 0.6 is 0 Å². The van der Waals surface area contributed by atoms with Crippen LogP contribution in [-0.2, 0) is 11.3 Å². The molecule has 0 aliphatic rings. The minimum absolute atomic E-state index is 0.587. The molecule has 0 aromatic heterocycles. The van der Waals surface area contributed by atoms with E-state index in [0.717, 1.165) is 16.7 Å². The maximum atomic E-state index is 5.60. The highest BCUT2D eigenvalue weighted by atomic mass is 16.5. The van der Waals surface area contributed by atoms with Crippen molar-refractivity contribution in [3.05, 3.63) is 83.4 Å². The topological polar surface area (TPSA) is 9.23 Å². The molecule has 0 aliphatic carbocycles. The fraction of sp³-hybridized carbons (Fsp3) is 0.158. The number of allylic oxidation sites excluding steroid dienone is 1. The molecule has 0 spiro atoms. The summed E-state index contributed by atoms with van der Waals surface area (Å²) in [5.74, 6) is 6.41. The van der Waals surface area contributed by atoms with Gasteiger partial charge in [0.25, 0.3) is 0 Å². The van der Waals surface area contributed by atoms with Crippen molar-refractivity contribution in [1.82, 2.24) is 0 Å². The summed E-state index contributed by atoms with van der Waals surface area (Å²) in [6.45, 7) is 3.21. The van der Waals surface area contributed by atoms with E-state index in [1.54, 1.807) is 0 Å². The summed E-state index contributed by atoms with van der Waals surface area (Å²) in [7, 11) is 0. The Morgan fingerprint density at radius 3 is 2.50 bits per heavy atom. The van der Waals surface area contributed by atoms with Crippen LogP contribution in [0.5, 0.6) is 0 Å². The smallest absolute Gasteiger partial charge is 0.0733 e. The van der Waals surface area contributed by atoms with Crippen LogP contribution in [0.1, 0.15) is 23.6 Å². The summed E-state index contributed by atoms with van der Waals surface area (Å²) in [6.07, 6.45) is 3.99. The Hall–Kier alpha value is -2.30. The van der Waals surface area contributed by atoms with Crippen LogP contribution in [0, 0.1) is 11.8 Å². The Morgan fingerprint density at radius 2 is 1.70 bits per heavy atom. The van der Waals surface area contributed by atoms with Crippen molar-refractivity contribution < 1.29 is 4.74 Å². The minimum atomic E-state index is 0.587. The van der Waals surface area contributed by atoms with E-state index in [0.29, 0.717) is 13.2 Å². The van der Waals surface area contributed by atoms with Crippen molar-refractivity contribution in [2.45, 2.75) is 13.5 Å². The number of hydrogen-bond donors (Lipinski definition) is 0. The second-order valence-electron chi connectivity index (χ2n) is 4.36. The molecule has 2 rings (SSSR count). The van der Waals surface area contributed by atoms with Gasteiger partial charge in [0.05, 0.1) is 13.2 Å². The van der Waals surface area contributed by atoms with Gasteiger partial charge in [0, 0.05) is 11.1 Å². The molecule has 0 heterocycles. The highest BCUT2D eigenvalue weighted by molar-refractivity contribution is 5.46. The Balaban J connectivity index is 2.10. The van der Waals surface area contributed by atoms with Gasteiger partial charge in [-0.05, 0) is 30.7 Å². The van der Waals surface area contributed by atoms with E-state index >= 15 is 0 Å². The van der Waals surface area contributed by atoms with Gasteiger partial charge in [-0.25, -0.2) is 0 Å². The predicted octanol–water partition coefficient (Wildman–Crippen LogP) is 4.18. The van der Waals surface area contributed by atoms with Gasteiger partial charge in [-0.1, -0.05) is 60.4 Å². The van der Waals surface area contributed by atoms with Crippen molar-refractivity contribution in [1.29, 1.82) is 0 Å². The van der Waals surface area contributed by atoms with Gasteiger partial charge in [-0.3, -0.25) is 0 Å². The molecule has 0 bridgehead atoms. The van der Waals surface area contributed by atoms with E-state index in [1.165, 1.54) is 0 Å². The third-order valence-corrected chi connectivity index (χ3v) is 2.84. The highest BCUT2D eigenvalue weighted by Gasteiger charge is 1.98. The van der Waals surface area contributed by atoms with Gasteiger partial charge in [0.2, 0.25) is 0 Å². The molecule has 0 radical (unpaired) electrons. The molecule has 0 aliphatic heterocycles. The fourth-order valence-electron chi connectivity index (χ4n) is 1.76. The first kappa shape index (κ1) is 14.1. The van der Waals surface area contributed by atoms with E-state index < -0.39 is 0 Å². The lowest BCUT2D eigenvalue weighted by molar-refractivity contribution is 0.148. The molecule has 0 unspecified atom stereocenters. The normalized spacial score (nSPS) is 10.2. The molecule has 0 N–H and O–H groups in total. The van der Waals surface area contributed by atoms with Crippen LogP contribution < -0.4 is 0 Å². The Kier molecular flexibility index (Phi) is 5.64. The molecule has 0 saturated carbocycles. The average Bonchev–Trinajstić information content (AvgIpc) is 2.51. The van der Waals surface area contributed by atoms with Crippen LogP contribution in [0.2, 0.25) is 0 Å². The Bertz CT molecular complexity index is 615. The SMILES string of the molecule is C/C=C/COCc1ccccc1C#Cc1ccccc1. The van der Waals surface area contributed by atoms with Gasteiger partial charge in [0.1, 0.15) is 0 Å². The lowest BCUT2D eigenvalue weighted by atomic mass is 10.1. The van der Waals surface area contributed by atoms with E-state index in [-0.39, 0.29) is 0 Å². The van der Waals surface area contributed by atoms with Crippen molar-refractivity contribution in [3.8, 4) is 11.8 Å². The number of hydrogen-bond acceptors (Lipinski definition) is 1. The van der Waals surface area contributed by atoms with E-state index in [2.05, 4.69) is 17.9 Å².